The molecule has 3 aromatic rings. The SMILES string of the molecule is CCOc1ccc(S(=O)(=O)Nc2cnn(CCc3ccccc3)c2)cc1. The molecule has 0 unspecified atom stereocenters. The van der Waals surface area contributed by atoms with Crippen LogP contribution in [0.15, 0.2) is 71.9 Å². The maximum atomic E-state index is 12.5. The van der Waals surface area contributed by atoms with E-state index in [2.05, 4.69) is 22.0 Å². The van der Waals surface area contributed by atoms with Crippen molar-refractivity contribution in [3.05, 3.63) is 72.6 Å². The summed E-state index contributed by atoms with van der Waals surface area (Å²) in [6.45, 7) is 3.09. The summed E-state index contributed by atoms with van der Waals surface area (Å²) in [5, 5.41) is 4.22. The number of benzene rings is 2. The maximum Gasteiger partial charge on any atom is 0.261 e. The lowest BCUT2D eigenvalue weighted by atomic mass is 10.1. The van der Waals surface area contributed by atoms with Crippen LogP contribution in [0, 0.1) is 0 Å². The fraction of sp³-hybridized carbons (Fsp3) is 0.211. The molecule has 0 aliphatic rings. The van der Waals surface area contributed by atoms with Gasteiger partial charge in [-0.15, -0.1) is 0 Å². The fourth-order valence-electron chi connectivity index (χ4n) is 2.52. The van der Waals surface area contributed by atoms with Gasteiger partial charge in [0.1, 0.15) is 5.75 Å². The highest BCUT2D eigenvalue weighted by molar-refractivity contribution is 7.92. The molecule has 3 rings (SSSR count). The molecule has 7 heteroatoms. The first kappa shape index (κ1) is 18.0. The molecule has 0 amide bonds. The molecule has 0 radical (unpaired) electrons. The van der Waals surface area contributed by atoms with E-state index in [0.29, 0.717) is 24.6 Å². The molecule has 1 N–H and O–H groups in total. The second-order valence-corrected chi connectivity index (χ2v) is 7.42. The van der Waals surface area contributed by atoms with Crippen LogP contribution in [-0.2, 0) is 23.0 Å². The molecule has 0 bridgehead atoms. The first-order valence-corrected chi connectivity index (χ1v) is 9.87. The highest BCUT2D eigenvalue weighted by Crippen LogP contribution is 2.19. The van der Waals surface area contributed by atoms with Crippen molar-refractivity contribution in [1.82, 2.24) is 9.78 Å². The van der Waals surface area contributed by atoms with Crippen molar-refractivity contribution < 1.29 is 13.2 Å². The molecule has 0 atom stereocenters. The van der Waals surface area contributed by atoms with Crippen molar-refractivity contribution >= 4 is 15.7 Å². The van der Waals surface area contributed by atoms with Crippen LogP contribution >= 0.6 is 0 Å². The van der Waals surface area contributed by atoms with Crippen LogP contribution < -0.4 is 9.46 Å². The summed E-state index contributed by atoms with van der Waals surface area (Å²) in [6.07, 6.45) is 4.03. The molecule has 0 saturated carbocycles. The fourth-order valence-corrected chi connectivity index (χ4v) is 3.55. The molecule has 0 aliphatic heterocycles. The van der Waals surface area contributed by atoms with Gasteiger partial charge in [-0.05, 0) is 43.2 Å². The molecule has 0 aliphatic carbocycles. The smallest absolute Gasteiger partial charge is 0.261 e. The standard InChI is InChI=1S/C19H21N3O3S/c1-2-25-18-8-10-19(11-9-18)26(23,24)21-17-14-20-22(15-17)13-12-16-6-4-3-5-7-16/h3-11,14-15,21H,2,12-13H2,1H3. The number of ether oxygens (including phenoxy) is 1. The Hall–Kier alpha value is -2.80. The van der Waals surface area contributed by atoms with Crippen molar-refractivity contribution in [3.63, 3.8) is 0 Å². The number of anilines is 1. The van der Waals surface area contributed by atoms with Gasteiger partial charge in [0.15, 0.2) is 0 Å². The van der Waals surface area contributed by atoms with Crippen molar-refractivity contribution in [2.75, 3.05) is 11.3 Å². The van der Waals surface area contributed by atoms with Crippen LogP contribution in [0.25, 0.3) is 0 Å². The van der Waals surface area contributed by atoms with Gasteiger partial charge < -0.3 is 4.74 Å². The number of hydrogen-bond donors (Lipinski definition) is 1. The van der Waals surface area contributed by atoms with Crippen LogP contribution in [-0.4, -0.2) is 24.8 Å². The van der Waals surface area contributed by atoms with Gasteiger partial charge in [-0.25, -0.2) is 8.42 Å². The molecule has 0 fully saturated rings. The van der Waals surface area contributed by atoms with Crippen LogP contribution in [0.4, 0.5) is 5.69 Å². The molecule has 0 spiro atoms. The number of aryl methyl sites for hydroxylation is 2. The highest BCUT2D eigenvalue weighted by atomic mass is 32.2. The van der Waals surface area contributed by atoms with E-state index in [1.165, 1.54) is 23.9 Å². The second kappa shape index (κ2) is 8.05. The lowest BCUT2D eigenvalue weighted by Crippen LogP contribution is -2.12. The predicted octanol–water partition coefficient (Wildman–Crippen LogP) is 3.33. The van der Waals surface area contributed by atoms with Crippen LogP contribution in [0.2, 0.25) is 0 Å². The van der Waals surface area contributed by atoms with Gasteiger partial charge in [-0.3, -0.25) is 9.40 Å². The van der Waals surface area contributed by atoms with Gasteiger partial charge in [-0.2, -0.15) is 5.10 Å². The zero-order chi connectivity index (χ0) is 18.4. The van der Waals surface area contributed by atoms with E-state index in [1.807, 2.05) is 25.1 Å². The largest absolute Gasteiger partial charge is 0.494 e. The normalized spacial score (nSPS) is 11.3. The van der Waals surface area contributed by atoms with E-state index in [0.717, 1.165) is 6.42 Å². The lowest BCUT2D eigenvalue weighted by Gasteiger charge is -2.07. The highest BCUT2D eigenvalue weighted by Gasteiger charge is 2.15. The predicted molar refractivity (Wildman–Crippen MR) is 101 cm³/mol. The van der Waals surface area contributed by atoms with E-state index < -0.39 is 10.0 Å². The van der Waals surface area contributed by atoms with Crippen LogP contribution in [0.3, 0.4) is 0 Å². The molecule has 26 heavy (non-hydrogen) atoms. The van der Waals surface area contributed by atoms with E-state index >= 15 is 0 Å². The monoisotopic (exact) mass is 371 g/mol. The van der Waals surface area contributed by atoms with E-state index in [9.17, 15) is 8.42 Å². The summed E-state index contributed by atoms with van der Waals surface area (Å²) in [5.74, 6) is 0.639. The summed E-state index contributed by atoms with van der Waals surface area (Å²) in [5.41, 5.74) is 1.64. The molecule has 1 heterocycles. The summed E-state index contributed by atoms with van der Waals surface area (Å²) >= 11 is 0. The average Bonchev–Trinajstić information content (AvgIpc) is 3.08. The van der Waals surface area contributed by atoms with Gasteiger partial charge in [0.25, 0.3) is 10.0 Å². The van der Waals surface area contributed by atoms with Gasteiger partial charge >= 0.3 is 0 Å². The quantitative estimate of drug-likeness (QED) is 0.659. The Morgan fingerprint density at radius 2 is 1.81 bits per heavy atom. The first-order chi connectivity index (χ1) is 12.6. The Bertz CT molecular complexity index is 936. The van der Waals surface area contributed by atoms with Crippen molar-refractivity contribution in [2.45, 2.75) is 24.8 Å². The van der Waals surface area contributed by atoms with Gasteiger partial charge in [-0.1, -0.05) is 30.3 Å². The first-order valence-electron chi connectivity index (χ1n) is 8.39. The number of nitrogens with one attached hydrogen (secondary N) is 1. The Kier molecular flexibility index (Phi) is 5.58. The van der Waals surface area contributed by atoms with Crippen LogP contribution in [0.5, 0.6) is 5.75 Å². The second-order valence-electron chi connectivity index (χ2n) is 5.74. The maximum absolute atomic E-state index is 12.5. The molecule has 0 saturated heterocycles. The third-order valence-corrected chi connectivity index (χ3v) is 5.20. The number of rotatable bonds is 8. The average molecular weight is 371 g/mol. The summed E-state index contributed by atoms with van der Waals surface area (Å²) < 4.78 is 34.5. The number of sulfonamides is 1. The summed E-state index contributed by atoms with van der Waals surface area (Å²) in [7, 11) is -3.66. The topological polar surface area (TPSA) is 73.2 Å². The summed E-state index contributed by atoms with van der Waals surface area (Å²) in [6, 6.07) is 16.4. The van der Waals surface area contributed by atoms with E-state index in [-0.39, 0.29) is 4.90 Å². The van der Waals surface area contributed by atoms with E-state index in [4.69, 9.17) is 4.74 Å². The molecular formula is C19H21N3O3S. The molecule has 1 aromatic heterocycles. The number of nitrogens with zero attached hydrogens (tertiary/aromatic N) is 2. The number of hydrogen-bond acceptors (Lipinski definition) is 4. The number of aromatic nitrogens is 2. The zero-order valence-electron chi connectivity index (χ0n) is 14.5. The van der Waals surface area contributed by atoms with Gasteiger partial charge in [0.2, 0.25) is 0 Å². The molecule has 6 nitrogen and oxygen atoms in total. The Labute approximate surface area is 153 Å². The minimum atomic E-state index is -3.66. The Morgan fingerprint density at radius 3 is 2.50 bits per heavy atom. The Morgan fingerprint density at radius 1 is 1.08 bits per heavy atom. The third kappa shape index (κ3) is 4.64. The zero-order valence-corrected chi connectivity index (χ0v) is 15.3. The third-order valence-electron chi connectivity index (χ3n) is 3.80. The van der Waals surface area contributed by atoms with Gasteiger partial charge in [0, 0.05) is 12.7 Å². The van der Waals surface area contributed by atoms with Crippen LogP contribution in [0.1, 0.15) is 12.5 Å². The molecule has 136 valence electrons. The lowest BCUT2D eigenvalue weighted by molar-refractivity contribution is 0.340. The van der Waals surface area contributed by atoms with Gasteiger partial charge in [0.05, 0.1) is 23.4 Å². The molecular weight excluding hydrogens is 350 g/mol. The van der Waals surface area contributed by atoms with Crippen molar-refractivity contribution in [2.24, 2.45) is 0 Å². The minimum Gasteiger partial charge on any atom is -0.494 e. The van der Waals surface area contributed by atoms with E-state index in [1.54, 1.807) is 23.0 Å². The molecule has 2 aromatic carbocycles. The minimum absolute atomic E-state index is 0.179. The summed E-state index contributed by atoms with van der Waals surface area (Å²) in [4.78, 5) is 0.179. The van der Waals surface area contributed by atoms with Crippen molar-refractivity contribution in [3.8, 4) is 5.75 Å². The Balaban J connectivity index is 1.63. The van der Waals surface area contributed by atoms with Crippen molar-refractivity contribution in [1.29, 1.82) is 0 Å².